The van der Waals surface area contributed by atoms with Gasteiger partial charge in [0.05, 0.1) is 6.54 Å². The molecule has 0 radical (unpaired) electrons. The first-order valence-corrected chi connectivity index (χ1v) is 3.87. The smallest absolute Gasteiger partial charge is 0.430 e. The first kappa shape index (κ1) is 8.94. The maximum atomic E-state index is 8.77. The lowest BCUT2D eigenvalue weighted by Gasteiger charge is -1.93. The Kier molecular flexibility index (Phi) is 3.48. The molecule has 0 amide bonds. The summed E-state index contributed by atoms with van der Waals surface area (Å²) < 4.78 is 0. The molecular formula is C8H11BN2O. The van der Waals surface area contributed by atoms with Crippen LogP contribution in [0, 0.1) is 0 Å². The summed E-state index contributed by atoms with van der Waals surface area (Å²) in [5, 5.41) is 16.2. The zero-order valence-corrected chi connectivity index (χ0v) is 7.01. The fourth-order valence-electron chi connectivity index (χ4n) is 0.824. The second-order valence-corrected chi connectivity index (χ2v) is 2.53. The van der Waals surface area contributed by atoms with Crippen molar-refractivity contribution in [2.24, 2.45) is 10.1 Å². The molecule has 0 aromatic heterocycles. The van der Waals surface area contributed by atoms with Crippen LogP contribution in [0.1, 0.15) is 5.56 Å². The molecule has 0 atom stereocenters. The topological polar surface area (TPSA) is 45.0 Å². The van der Waals surface area contributed by atoms with E-state index in [0.717, 1.165) is 5.56 Å². The fraction of sp³-hybridized carbons (Fsp3) is 0.250. The summed E-state index contributed by atoms with van der Waals surface area (Å²) in [6.07, 6.45) is 0. The van der Waals surface area contributed by atoms with E-state index in [0.29, 0.717) is 6.54 Å². The standard InChI is InChI=1S/C8H11BN2O/c1-9(12)11-10-7-8-5-3-2-4-6-8/h2-6,12H,7H2,1H3. The molecule has 0 fully saturated rings. The summed E-state index contributed by atoms with van der Waals surface area (Å²) in [7, 11) is -0.700. The van der Waals surface area contributed by atoms with Gasteiger partial charge in [0.1, 0.15) is 0 Å². The Labute approximate surface area is 72.3 Å². The van der Waals surface area contributed by atoms with Crippen LogP contribution in [-0.2, 0) is 6.54 Å². The SMILES string of the molecule is CB(O)N=NCc1ccccc1. The van der Waals surface area contributed by atoms with Crippen molar-refractivity contribution >= 4 is 7.05 Å². The maximum absolute atomic E-state index is 8.77. The number of hydrogen-bond acceptors (Lipinski definition) is 3. The van der Waals surface area contributed by atoms with E-state index in [9.17, 15) is 0 Å². The molecule has 1 rings (SSSR count). The van der Waals surface area contributed by atoms with Crippen molar-refractivity contribution in [3.63, 3.8) is 0 Å². The predicted molar refractivity (Wildman–Crippen MR) is 48.8 cm³/mol. The lowest BCUT2D eigenvalue weighted by atomic mass is 9.92. The van der Waals surface area contributed by atoms with E-state index in [1.165, 1.54) is 0 Å². The highest BCUT2D eigenvalue weighted by Crippen LogP contribution is 2.00. The van der Waals surface area contributed by atoms with Crippen molar-refractivity contribution in [1.82, 2.24) is 0 Å². The third-order valence-corrected chi connectivity index (χ3v) is 1.34. The van der Waals surface area contributed by atoms with Gasteiger partial charge in [-0.3, -0.25) is 0 Å². The molecule has 3 nitrogen and oxygen atoms in total. The van der Waals surface area contributed by atoms with E-state index in [1.807, 2.05) is 30.3 Å². The molecule has 62 valence electrons. The molecule has 12 heavy (non-hydrogen) atoms. The molecule has 0 saturated carbocycles. The molecule has 0 heterocycles. The van der Waals surface area contributed by atoms with Crippen molar-refractivity contribution in [2.75, 3.05) is 0 Å². The van der Waals surface area contributed by atoms with Gasteiger partial charge < -0.3 is 5.02 Å². The minimum Gasteiger partial charge on any atom is -0.430 e. The maximum Gasteiger partial charge on any atom is 0.450 e. The minimum absolute atomic E-state index is 0.533. The predicted octanol–water partition coefficient (Wildman–Crippen LogP) is 1.75. The van der Waals surface area contributed by atoms with Gasteiger partial charge in [-0.2, -0.15) is 0 Å². The number of nitrogens with zero attached hydrogens (tertiary/aromatic N) is 2. The Balaban J connectivity index is 2.43. The molecule has 0 aliphatic rings. The van der Waals surface area contributed by atoms with E-state index in [1.54, 1.807) is 6.82 Å². The van der Waals surface area contributed by atoms with E-state index in [-0.39, 0.29) is 0 Å². The summed E-state index contributed by atoms with van der Waals surface area (Å²) in [4.78, 5) is 0. The van der Waals surface area contributed by atoms with Gasteiger partial charge in [-0.1, -0.05) is 30.3 Å². The first-order chi connectivity index (χ1) is 5.79. The summed E-state index contributed by atoms with van der Waals surface area (Å²) >= 11 is 0. The normalized spacial score (nSPS) is 10.5. The molecule has 4 heteroatoms. The molecule has 0 spiro atoms. The van der Waals surface area contributed by atoms with Gasteiger partial charge in [0.2, 0.25) is 0 Å². The summed E-state index contributed by atoms with van der Waals surface area (Å²) in [5.41, 5.74) is 1.10. The quantitative estimate of drug-likeness (QED) is 0.533. The lowest BCUT2D eigenvalue weighted by molar-refractivity contribution is 0.575. The van der Waals surface area contributed by atoms with Gasteiger partial charge in [0.25, 0.3) is 0 Å². The summed E-state index contributed by atoms with van der Waals surface area (Å²) in [6.45, 7) is 2.11. The highest BCUT2D eigenvalue weighted by Gasteiger charge is 1.96. The molecule has 1 aromatic carbocycles. The fourth-order valence-corrected chi connectivity index (χ4v) is 0.824. The average molecular weight is 162 g/mol. The Morgan fingerprint density at radius 2 is 2.00 bits per heavy atom. The Hall–Kier alpha value is -1.16. The molecule has 0 unspecified atom stereocenters. The zero-order valence-electron chi connectivity index (χ0n) is 7.01. The second kappa shape index (κ2) is 4.67. The molecule has 0 aliphatic carbocycles. The Bertz CT molecular complexity index is 248. The average Bonchev–Trinajstić information content (AvgIpc) is 2.05. The highest BCUT2D eigenvalue weighted by atomic mass is 16.2. The van der Waals surface area contributed by atoms with Crippen molar-refractivity contribution in [3.8, 4) is 0 Å². The van der Waals surface area contributed by atoms with E-state index in [4.69, 9.17) is 5.02 Å². The zero-order chi connectivity index (χ0) is 8.81. The summed E-state index contributed by atoms with van der Waals surface area (Å²) in [5.74, 6) is 0. The number of hydrogen-bond donors (Lipinski definition) is 1. The molecule has 0 saturated heterocycles. The highest BCUT2D eigenvalue weighted by molar-refractivity contribution is 6.45. The third kappa shape index (κ3) is 3.30. The van der Waals surface area contributed by atoms with Crippen LogP contribution >= 0.6 is 0 Å². The lowest BCUT2D eigenvalue weighted by Crippen LogP contribution is -1.98. The molecule has 0 aliphatic heterocycles. The van der Waals surface area contributed by atoms with Crippen LogP contribution in [0.5, 0.6) is 0 Å². The van der Waals surface area contributed by atoms with Gasteiger partial charge in [0.15, 0.2) is 0 Å². The van der Waals surface area contributed by atoms with Crippen LogP contribution in [0.3, 0.4) is 0 Å². The van der Waals surface area contributed by atoms with Crippen LogP contribution in [0.4, 0.5) is 0 Å². The van der Waals surface area contributed by atoms with Gasteiger partial charge in [-0.05, 0) is 12.4 Å². The van der Waals surface area contributed by atoms with Crippen LogP contribution in [0.25, 0.3) is 0 Å². The van der Waals surface area contributed by atoms with Gasteiger partial charge in [-0.25, -0.2) is 10.1 Å². The van der Waals surface area contributed by atoms with Crippen LogP contribution < -0.4 is 0 Å². The van der Waals surface area contributed by atoms with E-state index < -0.39 is 7.05 Å². The van der Waals surface area contributed by atoms with Crippen LogP contribution in [-0.4, -0.2) is 12.1 Å². The van der Waals surface area contributed by atoms with Crippen molar-refractivity contribution in [1.29, 1.82) is 0 Å². The van der Waals surface area contributed by atoms with Crippen LogP contribution in [0.2, 0.25) is 6.82 Å². The third-order valence-electron chi connectivity index (χ3n) is 1.34. The molecule has 1 N–H and O–H groups in total. The largest absolute Gasteiger partial charge is 0.450 e. The van der Waals surface area contributed by atoms with Gasteiger partial charge in [-0.15, -0.1) is 0 Å². The summed E-state index contributed by atoms with van der Waals surface area (Å²) in [6, 6.07) is 9.80. The number of rotatable bonds is 3. The number of benzene rings is 1. The minimum atomic E-state index is -0.700. The van der Waals surface area contributed by atoms with Crippen molar-refractivity contribution < 1.29 is 5.02 Å². The molecular weight excluding hydrogens is 151 g/mol. The van der Waals surface area contributed by atoms with Gasteiger partial charge >= 0.3 is 7.05 Å². The Morgan fingerprint density at radius 3 is 2.58 bits per heavy atom. The van der Waals surface area contributed by atoms with E-state index >= 15 is 0 Å². The van der Waals surface area contributed by atoms with Gasteiger partial charge in [0, 0.05) is 0 Å². The van der Waals surface area contributed by atoms with E-state index in [2.05, 4.69) is 10.1 Å². The van der Waals surface area contributed by atoms with Crippen molar-refractivity contribution in [2.45, 2.75) is 13.4 Å². The molecule has 1 aromatic rings. The Morgan fingerprint density at radius 1 is 1.33 bits per heavy atom. The first-order valence-electron chi connectivity index (χ1n) is 3.87. The van der Waals surface area contributed by atoms with Crippen LogP contribution in [0.15, 0.2) is 40.5 Å². The van der Waals surface area contributed by atoms with Crippen molar-refractivity contribution in [3.05, 3.63) is 35.9 Å². The monoisotopic (exact) mass is 162 g/mol. The molecule has 0 bridgehead atoms. The second-order valence-electron chi connectivity index (χ2n) is 2.53.